The van der Waals surface area contributed by atoms with E-state index >= 15 is 0 Å². The van der Waals surface area contributed by atoms with E-state index in [0.29, 0.717) is 12.1 Å². The maximum Gasteiger partial charge on any atom is 0.0762 e. The number of aliphatic hydroxyl groups excluding tert-OH is 1. The van der Waals surface area contributed by atoms with Gasteiger partial charge in [-0.15, -0.1) is 0 Å². The smallest absolute Gasteiger partial charge is 0.0762 e. The van der Waals surface area contributed by atoms with Gasteiger partial charge in [0.2, 0.25) is 0 Å². The van der Waals surface area contributed by atoms with Crippen LogP contribution in [0.3, 0.4) is 0 Å². The maximum absolute atomic E-state index is 9.68. The number of piperidine rings is 1. The number of benzene rings is 1. The summed E-state index contributed by atoms with van der Waals surface area (Å²) in [7, 11) is 0. The second-order valence-electron chi connectivity index (χ2n) is 6.53. The molecule has 0 saturated carbocycles. The first-order chi connectivity index (χ1) is 10.1. The van der Waals surface area contributed by atoms with E-state index in [0.717, 1.165) is 29.4 Å². The molecule has 0 bridgehead atoms. The van der Waals surface area contributed by atoms with Crippen LogP contribution < -0.4 is 4.90 Å². The van der Waals surface area contributed by atoms with Crippen LogP contribution in [0.5, 0.6) is 0 Å². The zero-order valence-corrected chi connectivity index (χ0v) is 13.7. The number of halogens is 1. The van der Waals surface area contributed by atoms with Gasteiger partial charge in [-0.25, -0.2) is 0 Å². The highest BCUT2D eigenvalue weighted by Gasteiger charge is 2.33. The fourth-order valence-electron chi connectivity index (χ4n) is 3.70. The van der Waals surface area contributed by atoms with E-state index in [4.69, 9.17) is 11.6 Å². The lowest BCUT2D eigenvalue weighted by Gasteiger charge is -2.48. The second-order valence-corrected chi connectivity index (χ2v) is 6.94. The van der Waals surface area contributed by atoms with Crippen LogP contribution >= 0.6 is 11.6 Å². The van der Waals surface area contributed by atoms with Gasteiger partial charge in [-0.3, -0.25) is 4.90 Å². The van der Waals surface area contributed by atoms with Crippen molar-refractivity contribution in [1.82, 2.24) is 4.90 Å². The molecule has 3 nitrogen and oxygen atoms in total. The monoisotopic (exact) mass is 308 g/mol. The first-order valence-corrected chi connectivity index (χ1v) is 8.42. The summed E-state index contributed by atoms with van der Waals surface area (Å²) in [5.41, 5.74) is 1.99. The number of hydrogen-bond acceptors (Lipinski definition) is 3. The molecule has 1 aromatic carbocycles. The largest absolute Gasteiger partial charge is 0.389 e. The Labute approximate surface area is 132 Å². The topological polar surface area (TPSA) is 26.7 Å². The summed E-state index contributed by atoms with van der Waals surface area (Å²) in [5.74, 6) is 0. The van der Waals surface area contributed by atoms with Gasteiger partial charge in [0, 0.05) is 25.2 Å². The van der Waals surface area contributed by atoms with Crippen LogP contribution in [0.4, 0.5) is 5.69 Å². The van der Waals surface area contributed by atoms with Crippen LogP contribution in [0.25, 0.3) is 0 Å². The minimum absolute atomic E-state index is 0.468. The first-order valence-electron chi connectivity index (χ1n) is 8.04. The van der Waals surface area contributed by atoms with Gasteiger partial charge in [0.15, 0.2) is 0 Å². The number of anilines is 1. The molecule has 2 fully saturated rings. The molecule has 2 aliphatic rings. The number of aliphatic hydroxyl groups is 1. The normalized spacial score (nSPS) is 28.3. The number of rotatable bonds is 2. The molecular formula is C17H25ClN2O. The average molecular weight is 309 g/mol. The third-order valence-electron chi connectivity index (χ3n) is 4.95. The summed E-state index contributed by atoms with van der Waals surface area (Å²) in [4.78, 5) is 5.09. The van der Waals surface area contributed by atoms with Crippen molar-refractivity contribution in [1.29, 1.82) is 0 Å². The molecule has 1 aromatic rings. The summed E-state index contributed by atoms with van der Waals surface area (Å²) >= 11 is 6.48. The zero-order chi connectivity index (χ0) is 15.0. The fraction of sp³-hybridized carbons (Fsp3) is 0.647. The van der Waals surface area contributed by atoms with Gasteiger partial charge in [0.25, 0.3) is 0 Å². The summed E-state index contributed by atoms with van der Waals surface area (Å²) in [6, 6.07) is 7.11. The molecule has 3 atom stereocenters. The highest BCUT2D eigenvalue weighted by Crippen LogP contribution is 2.34. The molecule has 0 spiro atoms. The van der Waals surface area contributed by atoms with E-state index < -0.39 is 6.10 Å². The molecule has 2 saturated heterocycles. The Bertz CT molecular complexity index is 506. The SMILES string of the molecule is CC(O)c1ccc(N2CC3CCCCN3CC2C)c(Cl)c1. The summed E-state index contributed by atoms with van der Waals surface area (Å²) in [6.07, 6.45) is 3.52. The standard InChI is InChI=1S/C17H25ClN2O/c1-12-10-19-8-4-3-5-15(19)11-20(12)17-7-6-14(13(2)21)9-16(17)18/h6-7,9,12-13,15,21H,3-5,8,10-11H2,1-2H3. The van der Waals surface area contributed by atoms with Crippen molar-refractivity contribution < 1.29 is 5.11 Å². The molecule has 0 radical (unpaired) electrons. The van der Waals surface area contributed by atoms with Crippen molar-refractivity contribution in [2.24, 2.45) is 0 Å². The molecule has 116 valence electrons. The molecule has 4 heteroatoms. The number of hydrogen-bond donors (Lipinski definition) is 1. The third kappa shape index (κ3) is 3.05. The van der Waals surface area contributed by atoms with Crippen molar-refractivity contribution in [3.63, 3.8) is 0 Å². The maximum atomic E-state index is 9.68. The molecule has 1 N–H and O–H groups in total. The molecule has 21 heavy (non-hydrogen) atoms. The van der Waals surface area contributed by atoms with Gasteiger partial charge in [0.05, 0.1) is 16.8 Å². The van der Waals surface area contributed by atoms with E-state index in [1.807, 2.05) is 12.1 Å². The van der Waals surface area contributed by atoms with Crippen molar-refractivity contribution in [2.75, 3.05) is 24.5 Å². The van der Waals surface area contributed by atoms with E-state index in [9.17, 15) is 5.11 Å². The van der Waals surface area contributed by atoms with Crippen LogP contribution in [0, 0.1) is 0 Å². The van der Waals surface area contributed by atoms with Crippen molar-refractivity contribution in [2.45, 2.75) is 51.3 Å². The van der Waals surface area contributed by atoms with Crippen LogP contribution in [0.15, 0.2) is 18.2 Å². The van der Waals surface area contributed by atoms with Gasteiger partial charge in [0.1, 0.15) is 0 Å². The Balaban J connectivity index is 1.82. The third-order valence-corrected chi connectivity index (χ3v) is 5.25. The average Bonchev–Trinajstić information content (AvgIpc) is 2.46. The van der Waals surface area contributed by atoms with Crippen molar-refractivity contribution in [3.8, 4) is 0 Å². The van der Waals surface area contributed by atoms with Gasteiger partial charge in [-0.05, 0) is 50.9 Å². The fourth-order valence-corrected chi connectivity index (χ4v) is 4.00. The second kappa shape index (κ2) is 6.15. The Hall–Kier alpha value is -0.770. The van der Waals surface area contributed by atoms with Gasteiger partial charge in [-0.2, -0.15) is 0 Å². The summed E-state index contributed by atoms with van der Waals surface area (Å²) in [6.45, 7) is 7.49. The zero-order valence-electron chi connectivity index (χ0n) is 12.9. The van der Waals surface area contributed by atoms with Crippen molar-refractivity contribution in [3.05, 3.63) is 28.8 Å². The molecule has 2 heterocycles. The van der Waals surface area contributed by atoms with Crippen molar-refractivity contribution >= 4 is 17.3 Å². The highest BCUT2D eigenvalue weighted by molar-refractivity contribution is 6.33. The van der Waals surface area contributed by atoms with Gasteiger partial charge in [-0.1, -0.05) is 24.1 Å². The number of piperazine rings is 1. The van der Waals surface area contributed by atoms with E-state index in [1.54, 1.807) is 6.92 Å². The minimum atomic E-state index is -0.468. The Morgan fingerprint density at radius 1 is 1.29 bits per heavy atom. The van der Waals surface area contributed by atoms with Crippen LogP contribution in [-0.4, -0.2) is 41.7 Å². The Kier molecular flexibility index (Phi) is 4.43. The Morgan fingerprint density at radius 2 is 2.10 bits per heavy atom. The van der Waals surface area contributed by atoms with Crippen LogP contribution in [-0.2, 0) is 0 Å². The van der Waals surface area contributed by atoms with Gasteiger partial charge >= 0.3 is 0 Å². The summed E-state index contributed by atoms with van der Waals surface area (Å²) in [5, 5.41) is 10.4. The molecule has 0 aromatic heterocycles. The lowest BCUT2D eigenvalue weighted by atomic mass is 9.96. The Morgan fingerprint density at radius 3 is 2.81 bits per heavy atom. The predicted octanol–water partition coefficient (Wildman–Crippen LogP) is 3.46. The van der Waals surface area contributed by atoms with E-state index in [2.05, 4.69) is 22.8 Å². The lowest BCUT2D eigenvalue weighted by Crippen LogP contribution is -2.58. The predicted molar refractivity (Wildman–Crippen MR) is 88.1 cm³/mol. The quantitative estimate of drug-likeness (QED) is 0.906. The molecule has 0 aliphatic carbocycles. The van der Waals surface area contributed by atoms with E-state index in [-0.39, 0.29) is 0 Å². The molecule has 3 unspecified atom stereocenters. The number of nitrogens with zero attached hydrogens (tertiary/aromatic N) is 2. The first kappa shape index (κ1) is 15.1. The number of fused-ring (bicyclic) bond motifs is 1. The molecule has 2 aliphatic heterocycles. The van der Waals surface area contributed by atoms with E-state index in [1.165, 1.54) is 25.8 Å². The minimum Gasteiger partial charge on any atom is -0.389 e. The molecule has 3 rings (SSSR count). The lowest BCUT2D eigenvalue weighted by molar-refractivity contribution is 0.115. The van der Waals surface area contributed by atoms with Crippen LogP contribution in [0.2, 0.25) is 5.02 Å². The van der Waals surface area contributed by atoms with Gasteiger partial charge < -0.3 is 10.0 Å². The molecule has 0 amide bonds. The highest BCUT2D eigenvalue weighted by atomic mass is 35.5. The summed E-state index contributed by atoms with van der Waals surface area (Å²) < 4.78 is 0. The molecular weight excluding hydrogens is 284 g/mol. The van der Waals surface area contributed by atoms with Crippen LogP contribution in [0.1, 0.15) is 44.8 Å².